The summed E-state index contributed by atoms with van der Waals surface area (Å²) in [5, 5.41) is 12.8. The summed E-state index contributed by atoms with van der Waals surface area (Å²) in [5.41, 5.74) is 4.42. The van der Waals surface area contributed by atoms with Crippen LogP contribution in [-0.4, -0.2) is 42.8 Å². The molecule has 0 saturated heterocycles. The maximum Gasteiger partial charge on any atom is 0.233 e. The number of rotatable bonds is 8. The largest absolute Gasteiger partial charge is 0.335 e. The van der Waals surface area contributed by atoms with E-state index in [9.17, 15) is 4.79 Å². The average Bonchev–Trinajstić information content (AvgIpc) is 3.51. The van der Waals surface area contributed by atoms with Gasteiger partial charge in [0.1, 0.15) is 0 Å². The minimum absolute atomic E-state index is 0.124. The Morgan fingerprint density at radius 2 is 1.93 bits per heavy atom. The van der Waals surface area contributed by atoms with E-state index in [1.54, 1.807) is 4.68 Å². The second-order valence-corrected chi connectivity index (χ2v) is 8.91. The van der Waals surface area contributed by atoms with Gasteiger partial charge in [-0.15, -0.1) is 5.10 Å². The normalized spacial score (nSPS) is 14.5. The number of aromatic nitrogens is 4. The molecule has 0 radical (unpaired) electrons. The number of hydrogen-bond acceptors (Lipinski definition) is 5. The van der Waals surface area contributed by atoms with E-state index in [1.165, 1.54) is 30.2 Å². The highest BCUT2D eigenvalue weighted by Crippen LogP contribution is 2.36. The lowest BCUT2D eigenvalue weighted by molar-refractivity contribution is -0.131. The molecule has 1 aliphatic rings. The quantitative estimate of drug-likeness (QED) is 0.510. The molecule has 1 heterocycles. The van der Waals surface area contributed by atoms with Gasteiger partial charge in [0.15, 0.2) is 0 Å². The zero-order valence-electron chi connectivity index (χ0n) is 17.7. The second kappa shape index (κ2) is 9.00. The van der Waals surface area contributed by atoms with Crippen LogP contribution in [0.2, 0.25) is 0 Å². The molecule has 0 aliphatic heterocycles. The molecule has 0 unspecified atom stereocenters. The van der Waals surface area contributed by atoms with Crippen LogP contribution in [0.25, 0.3) is 5.69 Å². The summed E-state index contributed by atoms with van der Waals surface area (Å²) in [7, 11) is 0. The van der Waals surface area contributed by atoms with Crippen molar-refractivity contribution in [1.29, 1.82) is 0 Å². The van der Waals surface area contributed by atoms with Gasteiger partial charge in [-0.25, -0.2) is 0 Å². The standard InChI is InChI=1S/C23H27N5OS/c1-16-8-7-11-21(17(16)2)28-23(24-25-26-28)30-15-22(29)27(18(3)20-12-13-20)14-19-9-5-4-6-10-19/h4-11,18,20H,12-15H2,1-3H3/t18-/m0/s1. The lowest BCUT2D eigenvalue weighted by atomic mass is 10.1. The van der Waals surface area contributed by atoms with E-state index < -0.39 is 0 Å². The predicted octanol–water partition coefficient (Wildman–Crippen LogP) is 4.20. The summed E-state index contributed by atoms with van der Waals surface area (Å²) in [6, 6.07) is 16.5. The molecule has 30 heavy (non-hydrogen) atoms. The van der Waals surface area contributed by atoms with Crippen LogP contribution in [0.3, 0.4) is 0 Å². The Morgan fingerprint density at radius 3 is 2.67 bits per heavy atom. The number of tetrazole rings is 1. The molecule has 1 saturated carbocycles. The van der Waals surface area contributed by atoms with Gasteiger partial charge >= 0.3 is 0 Å². The molecule has 2 aromatic carbocycles. The first-order chi connectivity index (χ1) is 14.5. The first-order valence-electron chi connectivity index (χ1n) is 10.4. The number of thioether (sulfide) groups is 1. The van der Waals surface area contributed by atoms with E-state index >= 15 is 0 Å². The van der Waals surface area contributed by atoms with Crippen LogP contribution in [0.4, 0.5) is 0 Å². The van der Waals surface area contributed by atoms with Gasteiger partial charge in [0.2, 0.25) is 11.1 Å². The third-order valence-corrected chi connectivity index (χ3v) is 6.79. The summed E-state index contributed by atoms with van der Waals surface area (Å²) in [6.45, 7) is 6.94. The number of hydrogen-bond donors (Lipinski definition) is 0. The molecular weight excluding hydrogens is 394 g/mol. The summed E-state index contributed by atoms with van der Waals surface area (Å²) in [5.74, 6) is 1.05. The van der Waals surface area contributed by atoms with E-state index in [4.69, 9.17) is 0 Å². The van der Waals surface area contributed by atoms with E-state index in [-0.39, 0.29) is 11.9 Å². The Bertz CT molecular complexity index is 1020. The van der Waals surface area contributed by atoms with E-state index in [0.717, 1.165) is 16.8 Å². The first kappa shape index (κ1) is 20.6. The number of nitrogens with zero attached hydrogens (tertiary/aromatic N) is 5. The third-order valence-electron chi connectivity index (χ3n) is 5.88. The van der Waals surface area contributed by atoms with E-state index in [2.05, 4.69) is 54.5 Å². The van der Waals surface area contributed by atoms with Crippen LogP contribution >= 0.6 is 11.8 Å². The van der Waals surface area contributed by atoms with Crippen molar-refractivity contribution in [2.24, 2.45) is 5.92 Å². The predicted molar refractivity (Wildman–Crippen MR) is 119 cm³/mol. The summed E-state index contributed by atoms with van der Waals surface area (Å²) in [6.07, 6.45) is 2.41. The Labute approximate surface area is 181 Å². The van der Waals surface area contributed by atoms with Crippen molar-refractivity contribution in [3.05, 3.63) is 65.2 Å². The van der Waals surface area contributed by atoms with Crippen molar-refractivity contribution < 1.29 is 4.79 Å². The van der Waals surface area contributed by atoms with Crippen molar-refractivity contribution in [1.82, 2.24) is 25.1 Å². The lowest BCUT2D eigenvalue weighted by Crippen LogP contribution is -2.40. The third kappa shape index (κ3) is 4.56. The Morgan fingerprint density at radius 1 is 1.17 bits per heavy atom. The van der Waals surface area contributed by atoms with Gasteiger partial charge in [-0.05, 0) is 72.7 Å². The van der Waals surface area contributed by atoms with Crippen LogP contribution in [0, 0.1) is 19.8 Å². The van der Waals surface area contributed by atoms with Gasteiger partial charge in [-0.2, -0.15) is 4.68 Å². The summed E-state index contributed by atoms with van der Waals surface area (Å²) >= 11 is 1.40. The highest BCUT2D eigenvalue weighted by molar-refractivity contribution is 7.99. The van der Waals surface area contributed by atoms with Crippen molar-refractivity contribution in [3.63, 3.8) is 0 Å². The zero-order valence-corrected chi connectivity index (χ0v) is 18.5. The molecule has 0 bridgehead atoms. The fourth-order valence-electron chi connectivity index (χ4n) is 3.67. The zero-order chi connectivity index (χ0) is 21.1. The molecule has 3 aromatic rings. The van der Waals surface area contributed by atoms with Crippen LogP contribution in [0.15, 0.2) is 53.7 Å². The topological polar surface area (TPSA) is 63.9 Å². The maximum absolute atomic E-state index is 13.2. The number of carbonyl (C=O) groups excluding carboxylic acids is 1. The smallest absolute Gasteiger partial charge is 0.233 e. The summed E-state index contributed by atoms with van der Waals surface area (Å²) < 4.78 is 1.73. The maximum atomic E-state index is 13.2. The highest BCUT2D eigenvalue weighted by Gasteiger charge is 2.34. The van der Waals surface area contributed by atoms with E-state index in [1.807, 2.05) is 35.2 Å². The fraction of sp³-hybridized carbons (Fsp3) is 0.391. The molecule has 0 spiro atoms. The molecule has 7 heteroatoms. The molecule has 1 fully saturated rings. The molecule has 1 atom stereocenters. The number of aryl methyl sites for hydroxylation is 1. The van der Waals surface area contributed by atoms with Gasteiger partial charge in [-0.3, -0.25) is 4.79 Å². The Kier molecular flexibility index (Phi) is 6.18. The van der Waals surface area contributed by atoms with Crippen molar-refractivity contribution in [2.75, 3.05) is 5.75 Å². The van der Waals surface area contributed by atoms with Gasteiger partial charge in [0.05, 0.1) is 11.4 Å². The highest BCUT2D eigenvalue weighted by atomic mass is 32.2. The molecule has 6 nitrogen and oxygen atoms in total. The fourth-order valence-corrected chi connectivity index (χ4v) is 4.44. The van der Waals surface area contributed by atoms with Gasteiger partial charge in [0.25, 0.3) is 0 Å². The van der Waals surface area contributed by atoms with Crippen molar-refractivity contribution in [3.8, 4) is 5.69 Å². The number of benzene rings is 2. The molecular formula is C23H27N5OS. The summed E-state index contributed by atoms with van der Waals surface area (Å²) in [4.78, 5) is 15.2. The number of amides is 1. The molecule has 1 aliphatic carbocycles. The minimum Gasteiger partial charge on any atom is -0.335 e. The number of carbonyl (C=O) groups is 1. The Hall–Kier alpha value is -2.67. The minimum atomic E-state index is 0.124. The van der Waals surface area contributed by atoms with Crippen LogP contribution in [-0.2, 0) is 11.3 Å². The molecule has 0 N–H and O–H groups in total. The van der Waals surface area contributed by atoms with Crippen LogP contribution < -0.4 is 0 Å². The van der Waals surface area contributed by atoms with Crippen molar-refractivity contribution in [2.45, 2.75) is 51.4 Å². The second-order valence-electron chi connectivity index (χ2n) is 7.97. The average molecular weight is 422 g/mol. The molecule has 156 valence electrons. The SMILES string of the molecule is Cc1cccc(-n2nnnc2SCC(=O)N(Cc2ccccc2)[C@@H](C)C2CC2)c1C. The molecule has 4 rings (SSSR count). The first-order valence-corrected chi connectivity index (χ1v) is 11.3. The van der Waals surface area contributed by atoms with Crippen molar-refractivity contribution >= 4 is 17.7 Å². The van der Waals surface area contributed by atoms with E-state index in [0.29, 0.717) is 23.4 Å². The van der Waals surface area contributed by atoms with Crippen LogP contribution in [0.1, 0.15) is 36.5 Å². The van der Waals surface area contributed by atoms with Gasteiger partial charge < -0.3 is 4.90 Å². The molecule has 1 amide bonds. The lowest BCUT2D eigenvalue weighted by Gasteiger charge is -2.29. The molecule has 1 aromatic heterocycles. The van der Waals surface area contributed by atoms with Gasteiger partial charge in [0, 0.05) is 12.6 Å². The Balaban J connectivity index is 1.49. The van der Waals surface area contributed by atoms with Crippen LogP contribution in [0.5, 0.6) is 0 Å². The monoisotopic (exact) mass is 421 g/mol. The van der Waals surface area contributed by atoms with Gasteiger partial charge in [-0.1, -0.05) is 54.2 Å².